The first kappa shape index (κ1) is 16.0. The fourth-order valence-corrected chi connectivity index (χ4v) is 3.54. The standard InChI is InChI=1S/C19H20FN3O2/c1-23-17(24)5-3-12-2-4-16(20)18(19(12)23)13-8-15(11-22-9-13)25-14-6-7-21-10-14/h2,4,8-9,11,14,21H,3,5-7,10H2,1H3/t14-/m0/s1. The zero-order valence-corrected chi connectivity index (χ0v) is 14.1. The highest BCUT2D eigenvalue weighted by atomic mass is 19.1. The second-order valence-electron chi connectivity index (χ2n) is 6.52. The highest BCUT2D eigenvalue weighted by Crippen LogP contribution is 2.39. The second-order valence-corrected chi connectivity index (χ2v) is 6.52. The smallest absolute Gasteiger partial charge is 0.227 e. The molecule has 2 aromatic rings. The monoisotopic (exact) mass is 341 g/mol. The number of halogens is 1. The van der Waals surface area contributed by atoms with E-state index in [4.69, 9.17) is 4.74 Å². The number of ether oxygens (including phenoxy) is 1. The number of hydrogen-bond acceptors (Lipinski definition) is 4. The predicted octanol–water partition coefficient (Wildman–Crippen LogP) is 2.54. The average molecular weight is 341 g/mol. The van der Waals surface area contributed by atoms with Gasteiger partial charge in [0.25, 0.3) is 0 Å². The first-order valence-electron chi connectivity index (χ1n) is 8.54. The summed E-state index contributed by atoms with van der Waals surface area (Å²) in [5.41, 5.74) is 2.65. The predicted molar refractivity (Wildman–Crippen MR) is 93.3 cm³/mol. The maximum absolute atomic E-state index is 14.7. The number of nitrogens with zero attached hydrogens (tertiary/aromatic N) is 2. The van der Waals surface area contributed by atoms with Gasteiger partial charge in [-0.2, -0.15) is 0 Å². The number of carbonyl (C=O) groups is 1. The van der Waals surface area contributed by atoms with E-state index in [1.54, 1.807) is 36.5 Å². The van der Waals surface area contributed by atoms with E-state index >= 15 is 0 Å². The van der Waals surface area contributed by atoms with Crippen LogP contribution in [0.25, 0.3) is 11.1 Å². The second kappa shape index (κ2) is 6.44. The summed E-state index contributed by atoms with van der Waals surface area (Å²) in [5, 5.41) is 3.25. The van der Waals surface area contributed by atoms with Crippen LogP contribution in [0.3, 0.4) is 0 Å². The maximum atomic E-state index is 14.7. The van der Waals surface area contributed by atoms with Gasteiger partial charge < -0.3 is 15.0 Å². The number of benzene rings is 1. The summed E-state index contributed by atoms with van der Waals surface area (Å²) in [5.74, 6) is 0.256. The molecule has 0 saturated carbocycles. The number of anilines is 1. The molecule has 0 bridgehead atoms. The Balaban J connectivity index is 1.76. The Labute approximate surface area is 145 Å². The third-order valence-electron chi connectivity index (χ3n) is 4.85. The number of carbonyl (C=O) groups excluding carboxylic acids is 1. The Hall–Kier alpha value is -2.47. The van der Waals surface area contributed by atoms with Gasteiger partial charge >= 0.3 is 0 Å². The van der Waals surface area contributed by atoms with Crippen LogP contribution in [0.4, 0.5) is 10.1 Å². The van der Waals surface area contributed by atoms with Gasteiger partial charge in [-0.15, -0.1) is 0 Å². The van der Waals surface area contributed by atoms with Crippen molar-refractivity contribution in [2.75, 3.05) is 25.0 Å². The van der Waals surface area contributed by atoms with Crippen LogP contribution in [0.1, 0.15) is 18.4 Å². The van der Waals surface area contributed by atoms with E-state index in [2.05, 4.69) is 10.3 Å². The maximum Gasteiger partial charge on any atom is 0.227 e. The number of hydrogen-bond donors (Lipinski definition) is 1. The number of rotatable bonds is 3. The van der Waals surface area contributed by atoms with E-state index in [-0.39, 0.29) is 17.8 Å². The minimum atomic E-state index is -0.359. The van der Waals surface area contributed by atoms with Gasteiger partial charge in [0.2, 0.25) is 5.91 Å². The van der Waals surface area contributed by atoms with Gasteiger partial charge in [-0.1, -0.05) is 6.07 Å². The Bertz CT molecular complexity index is 818. The molecule has 5 nitrogen and oxygen atoms in total. The van der Waals surface area contributed by atoms with E-state index in [9.17, 15) is 9.18 Å². The van der Waals surface area contributed by atoms with Crippen LogP contribution in [-0.4, -0.2) is 37.1 Å². The third kappa shape index (κ3) is 2.98. The van der Waals surface area contributed by atoms with E-state index in [1.165, 1.54) is 6.07 Å². The van der Waals surface area contributed by atoms with E-state index in [0.717, 1.165) is 25.1 Å². The lowest BCUT2D eigenvalue weighted by Gasteiger charge is -2.28. The lowest BCUT2D eigenvalue weighted by molar-refractivity contribution is -0.118. The lowest BCUT2D eigenvalue weighted by atomic mass is 9.94. The van der Waals surface area contributed by atoms with E-state index in [1.807, 2.05) is 0 Å². The van der Waals surface area contributed by atoms with Crippen molar-refractivity contribution < 1.29 is 13.9 Å². The van der Waals surface area contributed by atoms with Gasteiger partial charge in [-0.25, -0.2) is 4.39 Å². The molecule has 0 aliphatic carbocycles. The summed E-state index contributed by atoms with van der Waals surface area (Å²) in [4.78, 5) is 17.9. The van der Waals surface area contributed by atoms with Gasteiger partial charge in [0.15, 0.2) is 0 Å². The molecule has 3 heterocycles. The number of aromatic nitrogens is 1. The topological polar surface area (TPSA) is 54.5 Å². The largest absolute Gasteiger partial charge is 0.487 e. The van der Waals surface area contributed by atoms with Gasteiger partial charge in [0.1, 0.15) is 17.7 Å². The van der Waals surface area contributed by atoms with Crippen molar-refractivity contribution >= 4 is 11.6 Å². The van der Waals surface area contributed by atoms with Gasteiger partial charge in [-0.3, -0.25) is 9.78 Å². The molecule has 1 atom stereocenters. The van der Waals surface area contributed by atoms with Gasteiger partial charge in [0, 0.05) is 37.3 Å². The van der Waals surface area contributed by atoms with Crippen LogP contribution < -0.4 is 15.0 Å². The summed E-state index contributed by atoms with van der Waals surface area (Å²) in [6.45, 7) is 1.74. The molecule has 130 valence electrons. The van der Waals surface area contributed by atoms with Crippen molar-refractivity contribution in [3.05, 3.63) is 42.0 Å². The highest BCUT2D eigenvalue weighted by Gasteiger charge is 2.27. The number of pyridine rings is 1. The van der Waals surface area contributed by atoms with Crippen molar-refractivity contribution in [3.8, 4) is 16.9 Å². The van der Waals surface area contributed by atoms with Crippen LogP contribution in [0.15, 0.2) is 30.6 Å². The Kier molecular flexibility index (Phi) is 4.13. The first-order valence-corrected chi connectivity index (χ1v) is 8.54. The zero-order chi connectivity index (χ0) is 17.4. The molecule has 2 aliphatic heterocycles. The molecule has 0 spiro atoms. The van der Waals surface area contributed by atoms with Crippen LogP contribution >= 0.6 is 0 Å². The molecule has 1 fully saturated rings. The number of nitrogens with one attached hydrogen (secondary N) is 1. The molecule has 1 aromatic carbocycles. The quantitative estimate of drug-likeness (QED) is 0.932. The molecule has 0 unspecified atom stereocenters. The molecular weight excluding hydrogens is 321 g/mol. The molecule has 1 aromatic heterocycles. The SMILES string of the molecule is CN1C(=O)CCc2ccc(F)c(-c3cncc(O[C@H]4CCNC4)c3)c21. The summed E-state index contributed by atoms with van der Waals surface area (Å²) in [6, 6.07) is 5.03. The number of aryl methyl sites for hydroxylation is 1. The summed E-state index contributed by atoms with van der Waals surface area (Å²) in [6.07, 6.45) is 5.38. The van der Waals surface area contributed by atoms with Gasteiger partial charge in [-0.05, 0) is 37.1 Å². The zero-order valence-electron chi connectivity index (χ0n) is 14.1. The lowest BCUT2D eigenvalue weighted by Crippen LogP contribution is -2.31. The fourth-order valence-electron chi connectivity index (χ4n) is 3.54. The number of amides is 1. The van der Waals surface area contributed by atoms with Crippen molar-refractivity contribution in [2.24, 2.45) is 0 Å². The minimum absolute atomic E-state index is 0.00302. The molecule has 1 saturated heterocycles. The molecule has 6 heteroatoms. The van der Waals surface area contributed by atoms with Crippen molar-refractivity contribution in [1.82, 2.24) is 10.3 Å². The molecule has 25 heavy (non-hydrogen) atoms. The summed E-state index contributed by atoms with van der Waals surface area (Å²) in [7, 11) is 1.70. The Morgan fingerprint density at radius 2 is 2.20 bits per heavy atom. The van der Waals surface area contributed by atoms with Crippen LogP contribution in [0, 0.1) is 5.82 Å². The average Bonchev–Trinajstić information content (AvgIpc) is 3.11. The van der Waals surface area contributed by atoms with Crippen LogP contribution in [-0.2, 0) is 11.2 Å². The fraction of sp³-hybridized carbons (Fsp3) is 0.368. The van der Waals surface area contributed by atoms with Crippen molar-refractivity contribution in [1.29, 1.82) is 0 Å². The van der Waals surface area contributed by atoms with Crippen LogP contribution in [0.2, 0.25) is 0 Å². The highest BCUT2D eigenvalue weighted by molar-refractivity contribution is 6.00. The van der Waals surface area contributed by atoms with E-state index in [0.29, 0.717) is 35.4 Å². The molecule has 0 radical (unpaired) electrons. The third-order valence-corrected chi connectivity index (χ3v) is 4.85. The van der Waals surface area contributed by atoms with E-state index < -0.39 is 0 Å². The van der Waals surface area contributed by atoms with Gasteiger partial charge in [0.05, 0.1) is 11.9 Å². The first-order chi connectivity index (χ1) is 12.1. The normalized spacial score (nSPS) is 19.8. The molecular formula is C19H20FN3O2. The Morgan fingerprint density at radius 3 is 3.00 bits per heavy atom. The van der Waals surface area contributed by atoms with Crippen LogP contribution in [0.5, 0.6) is 5.75 Å². The molecule has 2 aliphatic rings. The molecule has 4 rings (SSSR count). The summed E-state index contributed by atoms with van der Waals surface area (Å²) >= 11 is 0. The van der Waals surface area contributed by atoms with Crippen molar-refractivity contribution in [3.63, 3.8) is 0 Å². The Morgan fingerprint density at radius 1 is 1.32 bits per heavy atom. The molecule has 1 amide bonds. The van der Waals surface area contributed by atoms with Crippen molar-refractivity contribution in [2.45, 2.75) is 25.4 Å². The number of fused-ring (bicyclic) bond motifs is 1. The minimum Gasteiger partial charge on any atom is -0.487 e. The summed E-state index contributed by atoms with van der Waals surface area (Å²) < 4.78 is 20.6. The molecule has 1 N–H and O–H groups in total.